The predicted molar refractivity (Wildman–Crippen MR) is 67.5 cm³/mol. The van der Waals surface area contributed by atoms with Crippen molar-refractivity contribution in [1.82, 2.24) is 9.97 Å². The van der Waals surface area contributed by atoms with Crippen molar-refractivity contribution in [2.75, 3.05) is 11.2 Å². The third kappa shape index (κ3) is 3.97. The summed E-state index contributed by atoms with van der Waals surface area (Å²) in [6.45, 7) is 0. The normalized spacial score (nSPS) is 16.8. The Labute approximate surface area is 113 Å². The van der Waals surface area contributed by atoms with Gasteiger partial charge in [-0.05, 0) is 18.8 Å². The molecule has 1 aliphatic rings. The molecule has 1 heterocycles. The summed E-state index contributed by atoms with van der Waals surface area (Å²) in [4.78, 5) is 7.26. The highest BCUT2D eigenvalue weighted by Crippen LogP contribution is 2.33. The Hall–Kier alpha value is -1.02. The molecule has 106 valence electrons. The van der Waals surface area contributed by atoms with E-state index in [1.54, 1.807) is 0 Å². The summed E-state index contributed by atoms with van der Waals surface area (Å²) in [5, 5.41) is 0.308. The number of nitrogens with zero attached hydrogens (tertiary/aromatic N) is 2. The lowest BCUT2D eigenvalue weighted by molar-refractivity contribution is -0.141. The number of aromatic nitrogens is 2. The standard InChI is InChI=1S/C11H15F3N4S/c12-11(13,14)8-5-9(17-10(16-8)18-15)19-6-7-3-1-2-4-7/h5,7H,1-4,6,15H2,(H,16,17,18). The average molecular weight is 292 g/mol. The Bertz CT molecular complexity index is 432. The minimum Gasteiger partial charge on any atom is -0.292 e. The van der Waals surface area contributed by atoms with Crippen molar-refractivity contribution in [2.45, 2.75) is 36.9 Å². The quantitative estimate of drug-likeness (QED) is 0.386. The fourth-order valence-electron chi connectivity index (χ4n) is 2.09. The van der Waals surface area contributed by atoms with Crippen LogP contribution in [0, 0.1) is 5.92 Å². The van der Waals surface area contributed by atoms with Gasteiger partial charge in [0, 0.05) is 11.8 Å². The molecule has 3 N–H and O–H groups in total. The summed E-state index contributed by atoms with van der Waals surface area (Å²) in [6, 6.07) is 0.973. The molecule has 0 aromatic carbocycles. The number of rotatable bonds is 4. The van der Waals surface area contributed by atoms with Crippen molar-refractivity contribution in [3.05, 3.63) is 11.8 Å². The first-order valence-electron chi connectivity index (χ1n) is 6.04. The predicted octanol–water partition coefficient (Wildman–Crippen LogP) is 3.06. The molecular weight excluding hydrogens is 277 g/mol. The van der Waals surface area contributed by atoms with E-state index in [2.05, 4.69) is 15.4 Å². The molecule has 19 heavy (non-hydrogen) atoms. The highest BCUT2D eigenvalue weighted by molar-refractivity contribution is 7.99. The molecule has 1 saturated carbocycles. The van der Waals surface area contributed by atoms with Gasteiger partial charge in [0.2, 0.25) is 5.95 Å². The third-order valence-electron chi connectivity index (χ3n) is 3.06. The van der Waals surface area contributed by atoms with Crippen LogP contribution in [0.5, 0.6) is 0 Å². The molecule has 0 radical (unpaired) electrons. The zero-order valence-electron chi connectivity index (χ0n) is 10.2. The second-order valence-corrected chi connectivity index (χ2v) is 5.56. The number of nitrogens with two attached hydrogens (primary N) is 1. The van der Waals surface area contributed by atoms with Gasteiger partial charge in [0.25, 0.3) is 0 Å². The number of halogens is 3. The molecule has 2 rings (SSSR count). The Morgan fingerprint density at radius 2 is 2.00 bits per heavy atom. The SMILES string of the molecule is NNc1nc(SCC2CCCC2)cc(C(F)(F)F)n1. The number of thioether (sulfide) groups is 1. The number of alkyl halides is 3. The lowest BCUT2D eigenvalue weighted by atomic mass is 10.1. The minimum absolute atomic E-state index is 0.205. The Morgan fingerprint density at radius 1 is 1.32 bits per heavy atom. The maximum atomic E-state index is 12.7. The van der Waals surface area contributed by atoms with Gasteiger partial charge in [-0.1, -0.05) is 12.8 Å². The van der Waals surface area contributed by atoms with Gasteiger partial charge >= 0.3 is 6.18 Å². The van der Waals surface area contributed by atoms with E-state index in [4.69, 9.17) is 5.84 Å². The highest BCUT2D eigenvalue weighted by Gasteiger charge is 2.33. The average Bonchev–Trinajstić information content (AvgIpc) is 2.88. The van der Waals surface area contributed by atoms with Crippen molar-refractivity contribution in [3.8, 4) is 0 Å². The Kier molecular flexibility index (Phi) is 4.51. The van der Waals surface area contributed by atoms with E-state index in [1.165, 1.54) is 24.6 Å². The smallest absolute Gasteiger partial charge is 0.292 e. The molecule has 0 amide bonds. The zero-order valence-corrected chi connectivity index (χ0v) is 11.0. The first-order valence-corrected chi connectivity index (χ1v) is 7.03. The van der Waals surface area contributed by atoms with Crippen LogP contribution in [-0.4, -0.2) is 15.7 Å². The molecule has 0 atom stereocenters. The van der Waals surface area contributed by atoms with Crippen LogP contribution in [0.15, 0.2) is 11.1 Å². The fraction of sp³-hybridized carbons (Fsp3) is 0.636. The van der Waals surface area contributed by atoms with Gasteiger partial charge in [0.15, 0.2) is 5.69 Å². The topological polar surface area (TPSA) is 63.8 Å². The summed E-state index contributed by atoms with van der Waals surface area (Å²) in [6.07, 6.45) is 0.215. The largest absolute Gasteiger partial charge is 0.433 e. The van der Waals surface area contributed by atoms with Crippen molar-refractivity contribution in [1.29, 1.82) is 0 Å². The Balaban J connectivity index is 2.10. The lowest BCUT2D eigenvalue weighted by Crippen LogP contribution is -2.15. The molecule has 0 saturated heterocycles. The van der Waals surface area contributed by atoms with Gasteiger partial charge in [0.05, 0.1) is 0 Å². The molecule has 0 bridgehead atoms. The number of nitrogens with one attached hydrogen (secondary N) is 1. The number of nitrogen functional groups attached to an aromatic ring is 1. The van der Waals surface area contributed by atoms with Crippen LogP contribution in [0.25, 0.3) is 0 Å². The molecule has 0 unspecified atom stereocenters. The zero-order chi connectivity index (χ0) is 13.9. The van der Waals surface area contributed by atoms with Crippen LogP contribution in [0.2, 0.25) is 0 Å². The molecule has 4 nitrogen and oxygen atoms in total. The van der Waals surface area contributed by atoms with Gasteiger partial charge in [0.1, 0.15) is 5.03 Å². The molecule has 1 aliphatic carbocycles. The monoisotopic (exact) mass is 292 g/mol. The van der Waals surface area contributed by atoms with Crippen molar-refractivity contribution in [3.63, 3.8) is 0 Å². The molecule has 1 aromatic rings. The van der Waals surface area contributed by atoms with Gasteiger partial charge in [-0.2, -0.15) is 13.2 Å². The van der Waals surface area contributed by atoms with Gasteiger partial charge in [-0.25, -0.2) is 15.8 Å². The second kappa shape index (κ2) is 5.96. The summed E-state index contributed by atoms with van der Waals surface area (Å²) in [5.41, 5.74) is 1.10. The van der Waals surface area contributed by atoms with E-state index in [0.717, 1.165) is 24.7 Å². The summed E-state index contributed by atoms with van der Waals surface area (Å²) in [5.74, 6) is 6.26. The number of hydrazine groups is 1. The minimum atomic E-state index is -4.49. The summed E-state index contributed by atoms with van der Waals surface area (Å²) < 4.78 is 38.0. The first kappa shape index (κ1) is 14.4. The van der Waals surface area contributed by atoms with E-state index >= 15 is 0 Å². The van der Waals surface area contributed by atoms with E-state index in [0.29, 0.717) is 10.9 Å². The maximum Gasteiger partial charge on any atom is 0.433 e. The van der Waals surface area contributed by atoms with Crippen molar-refractivity contribution < 1.29 is 13.2 Å². The molecule has 0 spiro atoms. The van der Waals surface area contributed by atoms with Crippen LogP contribution in [0.3, 0.4) is 0 Å². The van der Waals surface area contributed by atoms with E-state index in [9.17, 15) is 13.2 Å². The molecular formula is C11H15F3N4S. The number of anilines is 1. The van der Waals surface area contributed by atoms with E-state index in [1.807, 2.05) is 0 Å². The van der Waals surface area contributed by atoms with Crippen molar-refractivity contribution in [2.24, 2.45) is 11.8 Å². The molecule has 1 aromatic heterocycles. The van der Waals surface area contributed by atoms with Crippen LogP contribution in [-0.2, 0) is 6.18 Å². The van der Waals surface area contributed by atoms with E-state index in [-0.39, 0.29) is 5.95 Å². The molecule has 8 heteroatoms. The number of hydrogen-bond donors (Lipinski definition) is 2. The van der Waals surface area contributed by atoms with Gasteiger partial charge in [-0.3, -0.25) is 5.43 Å². The molecule has 1 fully saturated rings. The second-order valence-electron chi connectivity index (χ2n) is 4.52. The van der Waals surface area contributed by atoms with Crippen LogP contribution < -0.4 is 11.3 Å². The third-order valence-corrected chi connectivity index (χ3v) is 4.21. The summed E-state index contributed by atoms with van der Waals surface area (Å²) >= 11 is 1.33. The molecule has 0 aliphatic heterocycles. The van der Waals surface area contributed by atoms with Gasteiger partial charge in [-0.15, -0.1) is 11.8 Å². The van der Waals surface area contributed by atoms with Gasteiger partial charge < -0.3 is 0 Å². The summed E-state index contributed by atoms with van der Waals surface area (Å²) in [7, 11) is 0. The van der Waals surface area contributed by atoms with E-state index < -0.39 is 11.9 Å². The fourth-order valence-corrected chi connectivity index (χ4v) is 3.17. The first-order chi connectivity index (χ1) is 8.99. The van der Waals surface area contributed by atoms with Crippen molar-refractivity contribution >= 4 is 17.7 Å². The highest BCUT2D eigenvalue weighted by atomic mass is 32.2. The van der Waals surface area contributed by atoms with Crippen LogP contribution in [0.4, 0.5) is 19.1 Å². The Morgan fingerprint density at radius 3 is 2.58 bits per heavy atom. The number of hydrogen-bond acceptors (Lipinski definition) is 5. The van der Waals surface area contributed by atoms with Crippen LogP contribution >= 0.6 is 11.8 Å². The van der Waals surface area contributed by atoms with Crippen LogP contribution in [0.1, 0.15) is 31.4 Å². The maximum absolute atomic E-state index is 12.7. The lowest BCUT2D eigenvalue weighted by Gasteiger charge is -2.11.